The van der Waals surface area contributed by atoms with E-state index in [1.807, 2.05) is 0 Å². The van der Waals surface area contributed by atoms with Gasteiger partial charge < -0.3 is 9.47 Å². The number of unbranched alkanes of at least 4 members (excludes halogenated alkanes) is 22. The molecule has 0 saturated carbocycles. The van der Waals surface area contributed by atoms with Crippen LogP contribution < -0.4 is 0 Å². The summed E-state index contributed by atoms with van der Waals surface area (Å²) in [5.74, 6) is 0. The summed E-state index contributed by atoms with van der Waals surface area (Å²) in [6, 6.07) is 0. The summed E-state index contributed by atoms with van der Waals surface area (Å²) in [5.41, 5.74) is 0. The first-order valence-electron chi connectivity index (χ1n) is 15.6. The van der Waals surface area contributed by atoms with Gasteiger partial charge in [-0.25, -0.2) is 0 Å². The van der Waals surface area contributed by atoms with Crippen molar-refractivity contribution in [2.75, 3.05) is 13.2 Å². The Labute approximate surface area is 224 Å². The molecule has 2 nitrogen and oxygen atoms in total. The lowest BCUT2D eigenvalue weighted by molar-refractivity contribution is -0.0226. The molecule has 34 heavy (non-hydrogen) atoms. The SMILES string of the molecule is CCCCCCCCCCCCCCOC(C)C(Br)OCCCCCCCCCCCCCC. The van der Waals surface area contributed by atoms with Crippen LogP contribution in [0.3, 0.4) is 0 Å². The van der Waals surface area contributed by atoms with Crippen LogP contribution in [0.5, 0.6) is 0 Å². The fourth-order valence-electron chi connectivity index (χ4n) is 4.56. The Morgan fingerprint density at radius 2 is 0.676 bits per heavy atom. The number of hydrogen-bond donors (Lipinski definition) is 0. The molecule has 2 unspecified atom stereocenters. The first-order valence-corrected chi connectivity index (χ1v) is 16.5. The second-order valence-corrected chi connectivity index (χ2v) is 11.5. The van der Waals surface area contributed by atoms with Crippen molar-refractivity contribution in [3.63, 3.8) is 0 Å². The van der Waals surface area contributed by atoms with E-state index in [0.717, 1.165) is 13.2 Å². The molecule has 0 amide bonds. The van der Waals surface area contributed by atoms with Crippen LogP contribution in [0.4, 0.5) is 0 Å². The molecule has 0 bridgehead atoms. The summed E-state index contributed by atoms with van der Waals surface area (Å²) in [4.78, 5) is 0. The molecule has 0 aliphatic rings. The Kier molecular flexibility index (Phi) is 30.0. The van der Waals surface area contributed by atoms with Gasteiger partial charge in [0.2, 0.25) is 0 Å². The van der Waals surface area contributed by atoms with Crippen molar-refractivity contribution in [3.05, 3.63) is 0 Å². The zero-order valence-corrected chi connectivity index (χ0v) is 25.3. The van der Waals surface area contributed by atoms with Crippen molar-refractivity contribution >= 4 is 15.9 Å². The predicted octanol–water partition coefficient (Wildman–Crippen LogP) is 11.5. The van der Waals surface area contributed by atoms with Crippen molar-refractivity contribution in [3.8, 4) is 0 Å². The van der Waals surface area contributed by atoms with Gasteiger partial charge in [-0.05, 0) is 19.8 Å². The number of rotatable bonds is 29. The lowest BCUT2D eigenvalue weighted by Crippen LogP contribution is -2.24. The van der Waals surface area contributed by atoms with E-state index in [1.165, 1.54) is 154 Å². The van der Waals surface area contributed by atoms with E-state index in [9.17, 15) is 0 Å². The molecule has 0 aliphatic carbocycles. The van der Waals surface area contributed by atoms with E-state index >= 15 is 0 Å². The van der Waals surface area contributed by atoms with E-state index in [1.54, 1.807) is 0 Å². The van der Waals surface area contributed by atoms with E-state index in [-0.39, 0.29) is 11.1 Å². The second-order valence-electron chi connectivity index (χ2n) is 10.6. The average Bonchev–Trinajstić information content (AvgIpc) is 2.84. The van der Waals surface area contributed by atoms with Gasteiger partial charge in [0, 0.05) is 13.2 Å². The fourth-order valence-corrected chi connectivity index (χ4v) is 4.90. The smallest absolute Gasteiger partial charge is 0.138 e. The quantitative estimate of drug-likeness (QED) is 0.0685. The summed E-state index contributed by atoms with van der Waals surface area (Å²) >= 11 is 3.67. The van der Waals surface area contributed by atoms with Crippen molar-refractivity contribution in [1.29, 1.82) is 0 Å². The normalized spacial score (nSPS) is 13.4. The molecule has 0 fully saturated rings. The molecule has 0 radical (unpaired) electrons. The molecule has 206 valence electrons. The molecular weight excluding hydrogens is 484 g/mol. The topological polar surface area (TPSA) is 18.5 Å². The number of hydrogen-bond acceptors (Lipinski definition) is 2. The summed E-state index contributed by atoms with van der Waals surface area (Å²) in [6.07, 6.45) is 33.4. The van der Waals surface area contributed by atoms with E-state index in [4.69, 9.17) is 9.47 Å². The van der Waals surface area contributed by atoms with Crippen molar-refractivity contribution in [2.45, 2.75) is 186 Å². The summed E-state index contributed by atoms with van der Waals surface area (Å²) in [7, 11) is 0. The maximum absolute atomic E-state index is 5.99. The molecule has 0 rings (SSSR count). The molecule has 0 heterocycles. The van der Waals surface area contributed by atoms with Gasteiger partial charge in [-0.15, -0.1) is 0 Å². The highest BCUT2D eigenvalue weighted by Crippen LogP contribution is 2.16. The van der Waals surface area contributed by atoms with Crippen molar-refractivity contribution in [1.82, 2.24) is 0 Å². The van der Waals surface area contributed by atoms with Crippen molar-refractivity contribution < 1.29 is 9.47 Å². The predicted molar refractivity (Wildman–Crippen MR) is 156 cm³/mol. The molecule has 0 N–H and O–H groups in total. The molecule has 0 saturated heterocycles. The largest absolute Gasteiger partial charge is 0.375 e. The fraction of sp³-hybridized carbons (Fsp3) is 1.00. The van der Waals surface area contributed by atoms with Crippen LogP contribution >= 0.6 is 15.9 Å². The maximum Gasteiger partial charge on any atom is 0.138 e. The summed E-state index contributed by atoms with van der Waals surface area (Å²) in [6.45, 7) is 8.42. The highest BCUT2D eigenvalue weighted by molar-refractivity contribution is 9.09. The zero-order valence-electron chi connectivity index (χ0n) is 23.7. The van der Waals surface area contributed by atoms with Gasteiger partial charge in [-0.1, -0.05) is 171 Å². The summed E-state index contributed by atoms with van der Waals surface area (Å²) < 4.78 is 11.9. The Morgan fingerprint density at radius 3 is 1.00 bits per heavy atom. The monoisotopic (exact) mass is 546 g/mol. The van der Waals surface area contributed by atoms with Crippen LogP contribution in [-0.2, 0) is 9.47 Å². The number of ether oxygens (including phenoxy) is 2. The van der Waals surface area contributed by atoms with Gasteiger partial charge in [0.25, 0.3) is 0 Å². The van der Waals surface area contributed by atoms with Crippen molar-refractivity contribution in [2.24, 2.45) is 0 Å². The lowest BCUT2D eigenvalue weighted by Gasteiger charge is -2.19. The van der Waals surface area contributed by atoms with Crippen LogP contribution in [-0.4, -0.2) is 24.3 Å². The van der Waals surface area contributed by atoms with Crippen LogP contribution in [0, 0.1) is 0 Å². The van der Waals surface area contributed by atoms with Crippen LogP contribution in [0.25, 0.3) is 0 Å². The molecule has 3 heteroatoms. The Hall–Kier alpha value is 0.400. The standard InChI is InChI=1S/C31H63BrO2/c1-4-6-8-10-12-14-16-18-20-22-24-26-28-33-30(3)31(32)34-29-27-25-23-21-19-17-15-13-11-9-7-5-2/h30-31H,4-29H2,1-3H3. The third kappa shape index (κ3) is 27.0. The van der Waals surface area contributed by atoms with Gasteiger partial charge in [0.05, 0.1) is 6.10 Å². The second kappa shape index (κ2) is 29.6. The minimum atomic E-state index is 0.0255. The minimum Gasteiger partial charge on any atom is -0.375 e. The first-order chi connectivity index (χ1) is 16.7. The van der Waals surface area contributed by atoms with Crippen LogP contribution in [0.2, 0.25) is 0 Å². The third-order valence-electron chi connectivity index (χ3n) is 7.02. The highest BCUT2D eigenvalue weighted by Gasteiger charge is 2.14. The Bertz CT molecular complexity index is 329. The molecule has 0 spiro atoms. The molecule has 0 aromatic heterocycles. The van der Waals surface area contributed by atoms with Crippen LogP contribution in [0.1, 0.15) is 175 Å². The van der Waals surface area contributed by atoms with Gasteiger partial charge >= 0.3 is 0 Å². The van der Waals surface area contributed by atoms with Gasteiger partial charge in [-0.3, -0.25) is 0 Å². The van der Waals surface area contributed by atoms with E-state index in [0.29, 0.717) is 0 Å². The molecule has 0 aromatic carbocycles. The molecular formula is C31H63BrO2. The molecule has 2 atom stereocenters. The number of halogens is 1. The lowest BCUT2D eigenvalue weighted by atomic mass is 10.1. The van der Waals surface area contributed by atoms with E-state index < -0.39 is 0 Å². The first kappa shape index (κ1) is 34.4. The summed E-state index contributed by atoms with van der Waals surface area (Å²) in [5, 5.41) is 0.0255. The average molecular weight is 548 g/mol. The zero-order chi connectivity index (χ0) is 25.0. The molecule has 0 aliphatic heterocycles. The van der Waals surface area contributed by atoms with Gasteiger partial charge in [0.15, 0.2) is 0 Å². The highest BCUT2D eigenvalue weighted by atomic mass is 79.9. The third-order valence-corrected chi connectivity index (χ3v) is 8.03. The molecule has 0 aromatic rings. The van der Waals surface area contributed by atoms with Crippen LogP contribution in [0.15, 0.2) is 0 Å². The van der Waals surface area contributed by atoms with Gasteiger partial charge in [0.1, 0.15) is 5.01 Å². The maximum atomic E-state index is 5.99. The Morgan fingerprint density at radius 1 is 0.412 bits per heavy atom. The number of alkyl halides is 1. The minimum absolute atomic E-state index is 0.0255. The van der Waals surface area contributed by atoms with Gasteiger partial charge in [-0.2, -0.15) is 0 Å². The Balaban J connectivity index is 3.28. The van der Waals surface area contributed by atoms with E-state index in [2.05, 4.69) is 36.7 Å².